The van der Waals surface area contributed by atoms with Crippen molar-refractivity contribution in [3.05, 3.63) is 24.3 Å². The van der Waals surface area contributed by atoms with E-state index in [9.17, 15) is 4.79 Å². The average molecular weight is 291 g/mol. The molecule has 1 aromatic carbocycles. The van der Waals surface area contributed by atoms with Crippen LogP contribution in [0.4, 0.5) is 11.4 Å². The van der Waals surface area contributed by atoms with Crippen molar-refractivity contribution in [2.24, 2.45) is 0 Å². The van der Waals surface area contributed by atoms with Crippen molar-refractivity contribution >= 4 is 17.3 Å². The highest BCUT2D eigenvalue weighted by atomic mass is 16.5. The number of nitrogens with two attached hydrogens (primary N) is 1. The molecule has 1 saturated heterocycles. The minimum atomic E-state index is -0.128. The predicted molar refractivity (Wildman–Crippen MR) is 85.1 cm³/mol. The van der Waals surface area contributed by atoms with Gasteiger partial charge in [-0.05, 0) is 44.5 Å². The molecule has 1 aliphatic rings. The smallest absolute Gasteiger partial charge is 0.241 e. The lowest BCUT2D eigenvalue weighted by Crippen LogP contribution is -2.53. The predicted octanol–water partition coefficient (Wildman–Crippen LogP) is 2.10. The van der Waals surface area contributed by atoms with E-state index in [-0.39, 0.29) is 24.2 Å². The minimum absolute atomic E-state index is 0.0311. The van der Waals surface area contributed by atoms with Crippen LogP contribution < -0.4 is 11.1 Å². The number of anilines is 2. The highest BCUT2D eigenvalue weighted by Gasteiger charge is 2.31. The molecule has 0 bridgehead atoms. The lowest BCUT2D eigenvalue weighted by atomic mass is 10.1. The van der Waals surface area contributed by atoms with Crippen molar-refractivity contribution in [2.75, 3.05) is 24.1 Å². The van der Waals surface area contributed by atoms with Gasteiger partial charge in [0, 0.05) is 24.5 Å². The van der Waals surface area contributed by atoms with Gasteiger partial charge in [-0.2, -0.15) is 0 Å². The summed E-state index contributed by atoms with van der Waals surface area (Å²) in [5.74, 6) is 0.0311. The first-order valence-electron chi connectivity index (χ1n) is 7.55. The lowest BCUT2D eigenvalue weighted by molar-refractivity contribution is -0.128. The van der Waals surface area contributed by atoms with Crippen LogP contribution in [0.1, 0.15) is 27.2 Å². The molecule has 116 valence electrons. The van der Waals surface area contributed by atoms with Gasteiger partial charge in [-0.3, -0.25) is 9.69 Å². The Morgan fingerprint density at radius 3 is 2.43 bits per heavy atom. The second kappa shape index (κ2) is 6.91. The van der Waals surface area contributed by atoms with Gasteiger partial charge in [0.25, 0.3) is 0 Å². The molecule has 3 N–H and O–H groups in total. The van der Waals surface area contributed by atoms with Gasteiger partial charge in [0.1, 0.15) is 0 Å². The monoisotopic (exact) mass is 291 g/mol. The fraction of sp³-hybridized carbons (Fsp3) is 0.562. The van der Waals surface area contributed by atoms with Crippen LogP contribution in [-0.2, 0) is 9.53 Å². The fourth-order valence-electron chi connectivity index (χ4n) is 2.87. The van der Waals surface area contributed by atoms with E-state index in [2.05, 4.69) is 10.2 Å². The standard InChI is InChI=1S/C16H25N3O2/c1-4-15(19-9-11(2)21-12(3)10-19)16(20)18-14-7-5-13(17)6-8-14/h5-8,11-12,15H,4,9-10,17H2,1-3H3,(H,18,20). The van der Waals surface area contributed by atoms with Gasteiger partial charge in [0.15, 0.2) is 0 Å². The molecule has 1 fully saturated rings. The third kappa shape index (κ3) is 4.19. The maximum absolute atomic E-state index is 12.5. The largest absolute Gasteiger partial charge is 0.399 e. The first kappa shape index (κ1) is 15.8. The molecule has 2 rings (SSSR count). The zero-order valence-corrected chi connectivity index (χ0v) is 13.0. The zero-order chi connectivity index (χ0) is 15.4. The zero-order valence-electron chi connectivity index (χ0n) is 13.0. The molecule has 1 aromatic rings. The van der Waals surface area contributed by atoms with Crippen molar-refractivity contribution in [1.29, 1.82) is 0 Å². The summed E-state index contributed by atoms with van der Waals surface area (Å²) in [4.78, 5) is 14.7. The quantitative estimate of drug-likeness (QED) is 0.834. The van der Waals surface area contributed by atoms with Gasteiger partial charge < -0.3 is 15.8 Å². The Kier molecular flexibility index (Phi) is 5.20. The van der Waals surface area contributed by atoms with Gasteiger partial charge in [-0.1, -0.05) is 6.92 Å². The Labute approximate surface area is 126 Å². The first-order chi connectivity index (χ1) is 9.99. The molecule has 0 aromatic heterocycles. The maximum atomic E-state index is 12.5. The van der Waals surface area contributed by atoms with E-state index in [0.717, 1.165) is 25.2 Å². The summed E-state index contributed by atoms with van der Waals surface area (Å²) in [6.07, 6.45) is 1.10. The van der Waals surface area contributed by atoms with Crippen molar-refractivity contribution in [3.8, 4) is 0 Å². The van der Waals surface area contributed by atoms with Crippen LogP contribution in [0.25, 0.3) is 0 Å². The van der Waals surface area contributed by atoms with Gasteiger partial charge >= 0.3 is 0 Å². The molecular weight excluding hydrogens is 266 g/mol. The molecule has 1 heterocycles. The average Bonchev–Trinajstić information content (AvgIpc) is 2.41. The summed E-state index contributed by atoms with van der Waals surface area (Å²) in [5, 5.41) is 2.97. The van der Waals surface area contributed by atoms with E-state index < -0.39 is 0 Å². The molecular formula is C16H25N3O2. The van der Waals surface area contributed by atoms with Crippen molar-refractivity contribution in [3.63, 3.8) is 0 Å². The van der Waals surface area contributed by atoms with Crippen LogP contribution in [-0.4, -0.2) is 42.1 Å². The van der Waals surface area contributed by atoms with Gasteiger partial charge in [0.2, 0.25) is 5.91 Å². The number of carbonyl (C=O) groups is 1. The Morgan fingerprint density at radius 1 is 1.33 bits per heavy atom. The molecule has 3 unspecified atom stereocenters. The number of rotatable bonds is 4. The second-order valence-corrected chi connectivity index (χ2v) is 5.75. The van der Waals surface area contributed by atoms with Crippen LogP contribution in [0.3, 0.4) is 0 Å². The van der Waals surface area contributed by atoms with E-state index in [1.54, 1.807) is 12.1 Å². The van der Waals surface area contributed by atoms with Crippen molar-refractivity contribution in [1.82, 2.24) is 4.90 Å². The third-order valence-corrected chi connectivity index (χ3v) is 3.76. The number of nitrogens with zero attached hydrogens (tertiary/aromatic N) is 1. The Hall–Kier alpha value is -1.59. The summed E-state index contributed by atoms with van der Waals surface area (Å²) in [5.41, 5.74) is 7.13. The summed E-state index contributed by atoms with van der Waals surface area (Å²) >= 11 is 0. The van der Waals surface area contributed by atoms with E-state index in [1.807, 2.05) is 32.9 Å². The molecule has 1 aliphatic heterocycles. The molecule has 0 aliphatic carbocycles. The molecule has 0 saturated carbocycles. The second-order valence-electron chi connectivity index (χ2n) is 5.75. The molecule has 0 spiro atoms. The van der Waals surface area contributed by atoms with Gasteiger partial charge in [-0.15, -0.1) is 0 Å². The van der Waals surface area contributed by atoms with Crippen LogP contribution >= 0.6 is 0 Å². The molecule has 21 heavy (non-hydrogen) atoms. The molecule has 5 heteroatoms. The summed E-state index contributed by atoms with van der Waals surface area (Å²) < 4.78 is 5.73. The molecule has 5 nitrogen and oxygen atoms in total. The number of carbonyl (C=O) groups excluding carboxylic acids is 1. The number of benzene rings is 1. The number of nitrogen functional groups attached to an aromatic ring is 1. The van der Waals surface area contributed by atoms with Crippen molar-refractivity contribution in [2.45, 2.75) is 45.4 Å². The summed E-state index contributed by atoms with van der Waals surface area (Å²) in [6.45, 7) is 7.72. The third-order valence-electron chi connectivity index (χ3n) is 3.76. The van der Waals surface area contributed by atoms with E-state index in [0.29, 0.717) is 5.69 Å². The Bertz CT molecular complexity index is 465. The summed E-state index contributed by atoms with van der Waals surface area (Å²) in [7, 11) is 0. The van der Waals surface area contributed by atoms with Crippen LogP contribution in [0, 0.1) is 0 Å². The molecule has 1 amide bonds. The van der Waals surface area contributed by atoms with E-state index in [4.69, 9.17) is 10.5 Å². The van der Waals surface area contributed by atoms with Crippen LogP contribution in [0.2, 0.25) is 0 Å². The maximum Gasteiger partial charge on any atom is 0.241 e. The highest BCUT2D eigenvalue weighted by Crippen LogP contribution is 2.18. The first-order valence-corrected chi connectivity index (χ1v) is 7.55. The minimum Gasteiger partial charge on any atom is -0.399 e. The van der Waals surface area contributed by atoms with Crippen molar-refractivity contribution < 1.29 is 9.53 Å². The number of hydrogen-bond donors (Lipinski definition) is 2. The van der Waals surface area contributed by atoms with E-state index in [1.165, 1.54) is 0 Å². The Balaban J connectivity index is 2.02. The molecule has 3 atom stereocenters. The van der Waals surface area contributed by atoms with Crippen LogP contribution in [0.15, 0.2) is 24.3 Å². The highest BCUT2D eigenvalue weighted by molar-refractivity contribution is 5.94. The van der Waals surface area contributed by atoms with E-state index >= 15 is 0 Å². The normalized spacial score (nSPS) is 24.5. The number of amides is 1. The molecule has 0 radical (unpaired) electrons. The Morgan fingerprint density at radius 2 is 1.90 bits per heavy atom. The number of hydrogen-bond acceptors (Lipinski definition) is 4. The lowest BCUT2D eigenvalue weighted by Gasteiger charge is -2.39. The summed E-state index contributed by atoms with van der Waals surface area (Å²) in [6, 6.07) is 7.09. The fourth-order valence-corrected chi connectivity index (χ4v) is 2.87. The number of ether oxygens (including phenoxy) is 1. The van der Waals surface area contributed by atoms with Gasteiger partial charge in [0.05, 0.1) is 18.2 Å². The topological polar surface area (TPSA) is 67.6 Å². The van der Waals surface area contributed by atoms with Crippen LogP contribution in [0.5, 0.6) is 0 Å². The van der Waals surface area contributed by atoms with Gasteiger partial charge in [-0.25, -0.2) is 0 Å². The number of morpholine rings is 1. The number of nitrogens with one attached hydrogen (secondary N) is 1. The SMILES string of the molecule is CCC(C(=O)Nc1ccc(N)cc1)N1CC(C)OC(C)C1.